The van der Waals surface area contributed by atoms with E-state index in [1.165, 1.54) is 6.42 Å². The first-order valence-electron chi connectivity index (χ1n) is 6.16. The first-order valence-corrected chi connectivity index (χ1v) is 6.16. The molecule has 0 radical (unpaired) electrons. The lowest BCUT2D eigenvalue weighted by Crippen LogP contribution is -2.45. The first-order chi connectivity index (χ1) is 8.69. The summed E-state index contributed by atoms with van der Waals surface area (Å²) in [5.41, 5.74) is 0.0941. The molecule has 0 unspecified atom stereocenters. The van der Waals surface area contributed by atoms with Gasteiger partial charge in [-0.25, -0.2) is 0 Å². The van der Waals surface area contributed by atoms with Gasteiger partial charge in [0.2, 0.25) is 0 Å². The summed E-state index contributed by atoms with van der Waals surface area (Å²) in [6.07, 6.45) is 3.36. The summed E-state index contributed by atoms with van der Waals surface area (Å²) in [5.74, 6) is 0.401. The van der Waals surface area contributed by atoms with Gasteiger partial charge in [-0.1, -0.05) is 6.42 Å². The Morgan fingerprint density at radius 3 is 2.83 bits per heavy atom. The number of amides is 1. The molecule has 0 aliphatic heterocycles. The number of carbonyl (C=O) groups excluding carboxylic acids is 1. The molecule has 0 spiro atoms. The van der Waals surface area contributed by atoms with Gasteiger partial charge in [0.15, 0.2) is 5.76 Å². The zero-order valence-electron chi connectivity index (χ0n) is 10.6. The molecule has 1 saturated carbocycles. The average molecular weight is 253 g/mol. The van der Waals surface area contributed by atoms with E-state index in [0.717, 1.165) is 12.8 Å². The lowest BCUT2D eigenvalue weighted by atomic mass is 9.69. The van der Waals surface area contributed by atoms with Crippen LogP contribution in [0.25, 0.3) is 0 Å². The van der Waals surface area contributed by atoms with Crippen LogP contribution in [-0.2, 0) is 11.3 Å². The number of nitrogens with one attached hydrogen (secondary N) is 1. The topological polar surface area (TPSA) is 71.7 Å². The maximum atomic E-state index is 11.8. The molecule has 0 saturated heterocycles. The molecule has 1 heterocycles. The van der Waals surface area contributed by atoms with E-state index in [1.807, 2.05) is 0 Å². The highest BCUT2D eigenvalue weighted by molar-refractivity contribution is 5.91. The Kier molecular flexibility index (Phi) is 4.04. The Morgan fingerprint density at radius 2 is 2.33 bits per heavy atom. The molecule has 1 aliphatic rings. The SMILES string of the molecule is COCC1(CNC(=O)c2ccc(CO)o2)CCC1. The van der Waals surface area contributed by atoms with Crippen molar-refractivity contribution < 1.29 is 19.1 Å². The zero-order valence-corrected chi connectivity index (χ0v) is 10.6. The third-order valence-electron chi connectivity index (χ3n) is 3.53. The van der Waals surface area contributed by atoms with Crippen molar-refractivity contribution in [3.05, 3.63) is 23.7 Å². The van der Waals surface area contributed by atoms with Crippen LogP contribution in [0, 0.1) is 5.41 Å². The number of hydrogen-bond acceptors (Lipinski definition) is 4. The smallest absolute Gasteiger partial charge is 0.287 e. The van der Waals surface area contributed by atoms with Crippen LogP contribution in [-0.4, -0.2) is 31.3 Å². The molecule has 1 amide bonds. The standard InChI is InChI=1S/C13H19NO4/c1-17-9-13(5-2-6-13)8-14-12(16)11-4-3-10(7-15)18-11/h3-4,15H,2,5-9H2,1H3,(H,14,16). The van der Waals surface area contributed by atoms with Gasteiger partial charge in [-0.05, 0) is 25.0 Å². The van der Waals surface area contributed by atoms with Gasteiger partial charge >= 0.3 is 0 Å². The quantitative estimate of drug-likeness (QED) is 0.802. The van der Waals surface area contributed by atoms with Crippen molar-refractivity contribution in [3.63, 3.8) is 0 Å². The van der Waals surface area contributed by atoms with Crippen LogP contribution in [0.5, 0.6) is 0 Å². The van der Waals surface area contributed by atoms with E-state index in [1.54, 1.807) is 19.2 Å². The molecule has 0 aromatic carbocycles. The fraction of sp³-hybridized carbons (Fsp3) is 0.615. The van der Waals surface area contributed by atoms with Crippen molar-refractivity contribution in [3.8, 4) is 0 Å². The fourth-order valence-electron chi connectivity index (χ4n) is 2.29. The molecule has 100 valence electrons. The van der Waals surface area contributed by atoms with Gasteiger partial charge in [-0.3, -0.25) is 4.79 Å². The minimum atomic E-state index is -0.239. The minimum Gasteiger partial charge on any atom is -0.453 e. The van der Waals surface area contributed by atoms with Crippen molar-refractivity contribution in [2.24, 2.45) is 5.41 Å². The van der Waals surface area contributed by atoms with Gasteiger partial charge in [-0.15, -0.1) is 0 Å². The van der Waals surface area contributed by atoms with E-state index in [0.29, 0.717) is 18.9 Å². The van der Waals surface area contributed by atoms with Gasteiger partial charge in [0.1, 0.15) is 12.4 Å². The lowest BCUT2D eigenvalue weighted by molar-refractivity contribution is 0.0177. The Morgan fingerprint density at radius 1 is 1.56 bits per heavy atom. The van der Waals surface area contributed by atoms with Gasteiger partial charge in [0.25, 0.3) is 5.91 Å². The monoisotopic (exact) mass is 253 g/mol. The van der Waals surface area contributed by atoms with Crippen LogP contribution in [0.4, 0.5) is 0 Å². The average Bonchev–Trinajstić information content (AvgIpc) is 2.80. The second-order valence-electron chi connectivity index (χ2n) is 4.89. The summed E-state index contributed by atoms with van der Waals surface area (Å²) in [6, 6.07) is 3.17. The Balaban J connectivity index is 1.87. The number of aliphatic hydroxyl groups is 1. The van der Waals surface area contributed by atoms with E-state index in [-0.39, 0.29) is 23.7 Å². The highest BCUT2D eigenvalue weighted by Crippen LogP contribution is 2.40. The molecule has 2 rings (SSSR count). The van der Waals surface area contributed by atoms with Crippen LogP contribution < -0.4 is 5.32 Å². The summed E-state index contributed by atoms with van der Waals surface area (Å²) < 4.78 is 10.4. The fourth-order valence-corrected chi connectivity index (χ4v) is 2.29. The van der Waals surface area contributed by atoms with E-state index < -0.39 is 0 Å². The second-order valence-corrected chi connectivity index (χ2v) is 4.89. The lowest BCUT2D eigenvalue weighted by Gasteiger charge is -2.41. The molecular weight excluding hydrogens is 234 g/mol. The van der Waals surface area contributed by atoms with Crippen molar-refractivity contribution >= 4 is 5.91 Å². The summed E-state index contributed by atoms with van der Waals surface area (Å²) in [4.78, 5) is 11.8. The molecule has 1 aromatic rings. The maximum Gasteiger partial charge on any atom is 0.287 e. The first kappa shape index (κ1) is 13.1. The maximum absolute atomic E-state index is 11.8. The van der Waals surface area contributed by atoms with Crippen LogP contribution in [0.2, 0.25) is 0 Å². The van der Waals surface area contributed by atoms with Crippen LogP contribution >= 0.6 is 0 Å². The zero-order chi connectivity index (χ0) is 13.0. The highest BCUT2D eigenvalue weighted by atomic mass is 16.5. The number of aliphatic hydroxyl groups excluding tert-OH is 1. The predicted molar refractivity (Wildman–Crippen MR) is 65.1 cm³/mol. The van der Waals surface area contributed by atoms with E-state index in [4.69, 9.17) is 14.3 Å². The summed E-state index contributed by atoms with van der Waals surface area (Å²) in [5, 5.41) is 11.7. The van der Waals surface area contributed by atoms with E-state index in [9.17, 15) is 4.79 Å². The molecule has 5 heteroatoms. The largest absolute Gasteiger partial charge is 0.453 e. The van der Waals surface area contributed by atoms with Crippen molar-refractivity contribution in [1.29, 1.82) is 0 Å². The van der Waals surface area contributed by atoms with Gasteiger partial charge in [0.05, 0.1) is 6.61 Å². The molecule has 1 fully saturated rings. The number of rotatable bonds is 6. The number of furan rings is 1. The normalized spacial score (nSPS) is 17.2. The van der Waals surface area contributed by atoms with Crippen molar-refractivity contribution in [1.82, 2.24) is 5.32 Å². The van der Waals surface area contributed by atoms with E-state index >= 15 is 0 Å². The Hall–Kier alpha value is -1.33. The van der Waals surface area contributed by atoms with Crippen molar-refractivity contribution in [2.45, 2.75) is 25.9 Å². The minimum absolute atomic E-state index is 0.0941. The molecule has 5 nitrogen and oxygen atoms in total. The van der Waals surface area contributed by atoms with Gasteiger partial charge in [0, 0.05) is 19.1 Å². The molecule has 0 atom stereocenters. The molecule has 18 heavy (non-hydrogen) atoms. The molecule has 1 aromatic heterocycles. The number of hydrogen-bond donors (Lipinski definition) is 2. The van der Waals surface area contributed by atoms with Crippen LogP contribution in [0.15, 0.2) is 16.5 Å². The van der Waals surface area contributed by atoms with Gasteiger partial charge in [-0.2, -0.15) is 0 Å². The summed E-state index contributed by atoms with van der Waals surface area (Å²) >= 11 is 0. The van der Waals surface area contributed by atoms with Gasteiger partial charge < -0.3 is 19.6 Å². The number of ether oxygens (including phenoxy) is 1. The summed E-state index contributed by atoms with van der Waals surface area (Å²) in [7, 11) is 1.68. The van der Waals surface area contributed by atoms with E-state index in [2.05, 4.69) is 5.32 Å². The number of carbonyl (C=O) groups is 1. The van der Waals surface area contributed by atoms with Crippen LogP contribution in [0.3, 0.4) is 0 Å². The van der Waals surface area contributed by atoms with Crippen LogP contribution in [0.1, 0.15) is 35.6 Å². The predicted octanol–water partition coefficient (Wildman–Crippen LogP) is 1.32. The Labute approximate surface area is 106 Å². The Bertz CT molecular complexity index is 409. The molecule has 1 aliphatic carbocycles. The third-order valence-corrected chi connectivity index (χ3v) is 3.53. The number of methoxy groups -OCH3 is 1. The second kappa shape index (κ2) is 5.54. The molecule has 2 N–H and O–H groups in total. The third kappa shape index (κ3) is 2.73. The highest BCUT2D eigenvalue weighted by Gasteiger charge is 2.37. The molecule has 0 bridgehead atoms. The summed E-state index contributed by atoms with van der Waals surface area (Å²) in [6.45, 7) is 1.09. The molecular formula is C13H19NO4. The van der Waals surface area contributed by atoms with Crippen molar-refractivity contribution in [2.75, 3.05) is 20.3 Å².